The molecule has 1 rings (SSSR count). The van der Waals surface area contributed by atoms with Gasteiger partial charge in [0.05, 0.1) is 7.11 Å². The normalized spacial score (nSPS) is 11.3. The van der Waals surface area contributed by atoms with Crippen LogP contribution in [0.4, 0.5) is 4.79 Å². The summed E-state index contributed by atoms with van der Waals surface area (Å²) in [5.41, 5.74) is 0. The van der Waals surface area contributed by atoms with Crippen LogP contribution < -0.4 is 20.1 Å². The zero-order chi connectivity index (χ0) is 14.3. The predicted molar refractivity (Wildman–Crippen MR) is 67.3 cm³/mol. The van der Waals surface area contributed by atoms with Crippen LogP contribution in [0.15, 0.2) is 24.3 Å². The first-order chi connectivity index (χ1) is 9.04. The van der Waals surface area contributed by atoms with E-state index >= 15 is 0 Å². The maximum Gasteiger partial charge on any atom is 0.325 e. The van der Waals surface area contributed by atoms with Gasteiger partial charge in [-0.05, 0) is 19.1 Å². The van der Waals surface area contributed by atoms with Crippen LogP contribution in [0.5, 0.6) is 11.5 Å². The van der Waals surface area contributed by atoms with E-state index in [1.165, 1.54) is 14.0 Å². The summed E-state index contributed by atoms with van der Waals surface area (Å²) < 4.78 is 10.4. The number of nitrogens with one attached hydrogen (secondary N) is 2. The highest BCUT2D eigenvalue weighted by atomic mass is 16.5. The van der Waals surface area contributed by atoms with Gasteiger partial charge in [-0.1, -0.05) is 12.1 Å². The van der Waals surface area contributed by atoms with Gasteiger partial charge in [-0.15, -0.1) is 0 Å². The number of urea groups is 1. The molecule has 1 atom stereocenters. The molecule has 0 aliphatic rings. The van der Waals surface area contributed by atoms with Crippen LogP contribution >= 0.6 is 0 Å². The zero-order valence-corrected chi connectivity index (χ0v) is 10.7. The van der Waals surface area contributed by atoms with Crippen molar-refractivity contribution in [2.75, 3.05) is 13.8 Å². The van der Waals surface area contributed by atoms with Crippen LogP contribution in [0.25, 0.3) is 0 Å². The predicted octanol–water partition coefficient (Wildman–Crippen LogP) is 0.804. The number of hydrogen-bond donors (Lipinski definition) is 3. The molecule has 104 valence electrons. The molecule has 0 radical (unpaired) electrons. The van der Waals surface area contributed by atoms with Crippen molar-refractivity contribution in [3.8, 4) is 11.5 Å². The molecule has 7 nitrogen and oxygen atoms in total. The number of aliphatic carboxylic acids is 1. The van der Waals surface area contributed by atoms with Crippen LogP contribution in [0.3, 0.4) is 0 Å². The van der Waals surface area contributed by atoms with Crippen LogP contribution in [-0.2, 0) is 4.79 Å². The van der Waals surface area contributed by atoms with Crippen molar-refractivity contribution >= 4 is 12.0 Å². The number of rotatable bonds is 6. The van der Waals surface area contributed by atoms with Crippen molar-refractivity contribution in [3.05, 3.63) is 24.3 Å². The molecule has 0 aliphatic carbocycles. The Bertz CT molecular complexity index is 450. The molecular weight excluding hydrogens is 252 g/mol. The zero-order valence-electron chi connectivity index (χ0n) is 10.7. The molecule has 0 heterocycles. The van der Waals surface area contributed by atoms with E-state index in [1.54, 1.807) is 24.3 Å². The van der Waals surface area contributed by atoms with Gasteiger partial charge in [-0.25, -0.2) is 4.79 Å². The number of carboxylic acid groups (broad SMARTS) is 1. The first-order valence-corrected chi connectivity index (χ1v) is 5.57. The van der Waals surface area contributed by atoms with E-state index in [0.717, 1.165) is 0 Å². The van der Waals surface area contributed by atoms with Crippen molar-refractivity contribution in [3.63, 3.8) is 0 Å². The van der Waals surface area contributed by atoms with Crippen molar-refractivity contribution in [1.29, 1.82) is 0 Å². The highest BCUT2D eigenvalue weighted by Crippen LogP contribution is 2.25. The maximum atomic E-state index is 11.3. The number of carboxylic acids is 1. The van der Waals surface area contributed by atoms with Gasteiger partial charge in [-0.3, -0.25) is 4.79 Å². The molecule has 0 fully saturated rings. The Balaban J connectivity index is 2.38. The highest BCUT2D eigenvalue weighted by molar-refractivity contribution is 5.81. The molecule has 19 heavy (non-hydrogen) atoms. The van der Waals surface area contributed by atoms with Gasteiger partial charge in [0.25, 0.3) is 0 Å². The lowest BCUT2D eigenvalue weighted by atomic mass is 10.3. The van der Waals surface area contributed by atoms with Crippen molar-refractivity contribution in [1.82, 2.24) is 10.6 Å². The van der Waals surface area contributed by atoms with Crippen LogP contribution in [0.1, 0.15) is 6.92 Å². The van der Waals surface area contributed by atoms with E-state index in [9.17, 15) is 9.59 Å². The quantitative estimate of drug-likeness (QED) is 0.663. The number of methoxy groups -OCH3 is 1. The van der Waals surface area contributed by atoms with Crippen molar-refractivity contribution < 1.29 is 24.2 Å². The molecule has 0 aliphatic heterocycles. The Labute approximate surface area is 110 Å². The Hall–Kier alpha value is -2.44. The maximum absolute atomic E-state index is 11.3. The molecule has 3 N–H and O–H groups in total. The van der Waals surface area contributed by atoms with Crippen LogP contribution in [-0.4, -0.2) is 37.0 Å². The lowest BCUT2D eigenvalue weighted by Crippen LogP contribution is -2.45. The Morgan fingerprint density at radius 2 is 1.95 bits per heavy atom. The van der Waals surface area contributed by atoms with Crippen LogP contribution in [0.2, 0.25) is 0 Å². The summed E-state index contributed by atoms with van der Waals surface area (Å²) in [7, 11) is 1.51. The molecule has 0 spiro atoms. The van der Waals surface area contributed by atoms with Crippen LogP contribution in [0, 0.1) is 0 Å². The van der Waals surface area contributed by atoms with E-state index in [2.05, 4.69) is 10.6 Å². The molecule has 1 aromatic carbocycles. The molecule has 1 aromatic rings. The second-order valence-electron chi connectivity index (χ2n) is 3.65. The SMILES string of the molecule is COc1ccccc1OCNC(=O)NC(C)C(=O)O. The minimum absolute atomic E-state index is 0.0987. The third kappa shape index (κ3) is 4.74. The largest absolute Gasteiger partial charge is 0.493 e. The van der Waals surface area contributed by atoms with E-state index in [1.807, 2.05) is 0 Å². The Morgan fingerprint density at radius 3 is 2.53 bits per heavy atom. The number of benzene rings is 1. The Morgan fingerprint density at radius 1 is 1.32 bits per heavy atom. The molecule has 0 saturated carbocycles. The molecule has 1 unspecified atom stereocenters. The summed E-state index contributed by atoms with van der Waals surface area (Å²) in [6, 6.07) is 5.39. The summed E-state index contributed by atoms with van der Waals surface area (Å²) in [5, 5.41) is 13.2. The van der Waals surface area contributed by atoms with E-state index in [4.69, 9.17) is 14.6 Å². The minimum atomic E-state index is -1.11. The fourth-order valence-electron chi connectivity index (χ4n) is 1.23. The number of carbonyl (C=O) groups is 2. The van der Waals surface area contributed by atoms with Gasteiger partial charge in [0.1, 0.15) is 6.04 Å². The molecule has 0 saturated heterocycles. The second kappa shape index (κ2) is 7.10. The number of hydrogen-bond acceptors (Lipinski definition) is 4. The van der Waals surface area contributed by atoms with Gasteiger partial charge in [0.2, 0.25) is 0 Å². The summed E-state index contributed by atoms with van der Waals surface area (Å²) in [6.07, 6.45) is 0. The lowest BCUT2D eigenvalue weighted by molar-refractivity contribution is -0.138. The van der Waals surface area contributed by atoms with Gasteiger partial charge < -0.3 is 25.2 Å². The van der Waals surface area contributed by atoms with Gasteiger partial charge in [-0.2, -0.15) is 0 Å². The number of amides is 2. The number of carbonyl (C=O) groups excluding carboxylic acids is 1. The van der Waals surface area contributed by atoms with Gasteiger partial charge in [0, 0.05) is 0 Å². The molecule has 2 amide bonds. The summed E-state index contributed by atoms with van der Waals surface area (Å²) in [4.78, 5) is 21.8. The number of ether oxygens (including phenoxy) is 2. The summed E-state index contributed by atoms with van der Waals surface area (Å²) >= 11 is 0. The molecule has 0 bridgehead atoms. The van der Waals surface area contributed by atoms with Gasteiger partial charge >= 0.3 is 12.0 Å². The summed E-state index contributed by atoms with van der Waals surface area (Å²) in [5.74, 6) is -0.0824. The highest BCUT2D eigenvalue weighted by Gasteiger charge is 2.13. The fourth-order valence-corrected chi connectivity index (χ4v) is 1.23. The second-order valence-corrected chi connectivity index (χ2v) is 3.65. The lowest BCUT2D eigenvalue weighted by Gasteiger charge is -2.13. The van der Waals surface area contributed by atoms with E-state index in [0.29, 0.717) is 11.5 Å². The average Bonchev–Trinajstić information content (AvgIpc) is 2.39. The fraction of sp³-hybridized carbons (Fsp3) is 0.333. The third-order valence-corrected chi connectivity index (χ3v) is 2.25. The van der Waals surface area contributed by atoms with E-state index in [-0.39, 0.29) is 6.73 Å². The molecule has 0 aromatic heterocycles. The van der Waals surface area contributed by atoms with Gasteiger partial charge in [0.15, 0.2) is 18.2 Å². The van der Waals surface area contributed by atoms with Crippen molar-refractivity contribution in [2.45, 2.75) is 13.0 Å². The van der Waals surface area contributed by atoms with Crippen molar-refractivity contribution in [2.24, 2.45) is 0 Å². The third-order valence-electron chi connectivity index (χ3n) is 2.25. The first-order valence-electron chi connectivity index (χ1n) is 5.57. The smallest absolute Gasteiger partial charge is 0.325 e. The molecule has 7 heteroatoms. The summed E-state index contributed by atoms with van der Waals surface area (Å²) in [6.45, 7) is 1.27. The minimum Gasteiger partial charge on any atom is -0.493 e. The monoisotopic (exact) mass is 268 g/mol. The standard InChI is InChI=1S/C12H16N2O5/c1-8(11(15)16)14-12(17)13-7-19-10-6-4-3-5-9(10)18-2/h3-6,8H,7H2,1-2H3,(H,15,16)(H2,13,14,17). The first kappa shape index (κ1) is 14.6. The van der Waals surface area contributed by atoms with E-state index < -0.39 is 18.0 Å². The topological polar surface area (TPSA) is 96.9 Å². The molecular formula is C12H16N2O5. The number of para-hydroxylation sites is 2. The average molecular weight is 268 g/mol. The Kier molecular flexibility index (Phi) is 5.46.